The Morgan fingerprint density at radius 1 is 1.58 bits per heavy atom. The maximum atomic E-state index is 11.0. The molecule has 4 nitrogen and oxygen atoms in total. The molecule has 0 rings (SSSR count). The third-order valence-electron chi connectivity index (χ3n) is 1.53. The number of amides is 1. The Kier molecular flexibility index (Phi) is 6.70. The first-order valence-corrected chi connectivity index (χ1v) is 4.39. The smallest absolute Gasteiger partial charge is 0.220 e. The van der Waals surface area contributed by atoms with Gasteiger partial charge in [0.15, 0.2) is 0 Å². The largest absolute Gasteiger partial charge is 0.355 e. The van der Waals surface area contributed by atoms with E-state index in [4.69, 9.17) is 11.5 Å². The predicted molar refractivity (Wildman–Crippen MR) is 49.6 cm³/mol. The van der Waals surface area contributed by atoms with E-state index >= 15 is 0 Å². The molecule has 0 saturated carbocycles. The maximum absolute atomic E-state index is 11.0. The van der Waals surface area contributed by atoms with Gasteiger partial charge in [-0.15, -0.1) is 0 Å². The van der Waals surface area contributed by atoms with Crippen LogP contribution in [0.5, 0.6) is 0 Å². The quantitative estimate of drug-likeness (QED) is 0.510. The third kappa shape index (κ3) is 7.50. The van der Waals surface area contributed by atoms with Gasteiger partial charge in [0.25, 0.3) is 0 Å². The molecule has 0 spiro atoms. The van der Waals surface area contributed by atoms with Crippen LogP contribution >= 0.6 is 0 Å². The van der Waals surface area contributed by atoms with E-state index in [1.54, 1.807) is 0 Å². The van der Waals surface area contributed by atoms with E-state index in [0.717, 1.165) is 12.8 Å². The lowest BCUT2D eigenvalue weighted by molar-refractivity contribution is -0.121. The highest BCUT2D eigenvalue weighted by Gasteiger charge is 2.00. The molecule has 72 valence electrons. The average molecular weight is 173 g/mol. The Hall–Kier alpha value is -0.610. The lowest BCUT2D eigenvalue weighted by Gasteiger charge is -2.04. The molecule has 0 bridgehead atoms. The second-order valence-corrected chi connectivity index (χ2v) is 3.01. The summed E-state index contributed by atoms with van der Waals surface area (Å²) in [4.78, 5) is 11.0. The maximum Gasteiger partial charge on any atom is 0.220 e. The van der Waals surface area contributed by atoms with Crippen LogP contribution in [0.3, 0.4) is 0 Å². The van der Waals surface area contributed by atoms with Crippen LogP contribution in [0.25, 0.3) is 0 Å². The van der Waals surface area contributed by atoms with Crippen molar-refractivity contribution in [1.82, 2.24) is 5.32 Å². The minimum Gasteiger partial charge on any atom is -0.355 e. The standard InChI is InChI=1S/C8H19N3O/c1-7(10)3-2-4-8(12)11-6-5-9/h7H,2-6,9-10H2,1H3,(H,11,12). The van der Waals surface area contributed by atoms with Crippen molar-refractivity contribution < 1.29 is 4.79 Å². The topological polar surface area (TPSA) is 81.1 Å². The summed E-state index contributed by atoms with van der Waals surface area (Å²) in [5.74, 6) is 0.0705. The van der Waals surface area contributed by atoms with Gasteiger partial charge in [0.1, 0.15) is 0 Å². The van der Waals surface area contributed by atoms with E-state index in [1.807, 2.05) is 6.92 Å². The number of hydrogen-bond acceptors (Lipinski definition) is 3. The number of hydrogen-bond donors (Lipinski definition) is 3. The first-order chi connectivity index (χ1) is 5.66. The Morgan fingerprint density at radius 3 is 2.75 bits per heavy atom. The summed E-state index contributed by atoms with van der Waals surface area (Å²) in [5.41, 5.74) is 10.7. The van der Waals surface area contributed by atoms with Gasteiger partial charge in [0.2, 0.25) is 5.91 Å². The minimum absolute atomic E-state index is 0.0705. The summed E-state index contributed by atoms with van der Waals surface area (Å²) in [7, 11) is 0. The molecule has 0 aliphatic heterocycles. The van der Waals surface area contributed by atoms with Crippen LogP contribution in [0.2, 0.25) is 0 Å². The van der Waals surface area contributed by atoms with Gasteiger partial charge in [-0.25, -0.2) is 0 Å². The summed E-state index contributed by atoms with van der Waals surface area (Å²) in [6, 6.07) is 0.187. The molecule has 0 radical (unpaired) electrons. The molecule has 5 N–H and O–H groups in total. The molecule has 12 heavy (non-hydrogen) atoms. The minimum atomic E-state index is 0.0705. The summed E-state index contributed by atoms with van der Waals surface area (Å²) in [6.07, 6.45) is 2.31. The normalized spacial score (nSPS) is 12.6. The number of carbonyl (C=O) groups excluding carboxylic acids is 1. The van der Waals surface area contributed by atoms with Crippen molar-refractivity contribution in [3.63, 3.8) is 0 Å². The summed E-state index contributed by atoms with van der Waals surface area (Å²) < 4.78 is 0. The van der Waals surface area contributed by atoms with Crippen LogP contribution in [0, 0.1) is 0 Å². The molecule has 0 aromatic carbocycles. The molecule has 1 unspecified atom stereocenters. The van der Waals surface area contributed by atoms with Crippen molar-refractivity contribution >= 4 is 5.91 Å². The van der Waals surface area contributed by atoms with E-state index < -0.39 is 0 Å². The molecule has 0 aliphatic carbocycles. The first-order valence-electron chi connectivity index (χ1n) is 4.39. The fraction of sp³-hybridized carbons (Fsp3) is 0.875. The summed E-state index contributed by atoms with van der Waals surface area (Å²) in [5, 5.41) is 2.70. The molecular weight excluding hydrogens is 154 g/mol. The zero-order valence-electron chi connectivity index (χ0n) is 7.68. The van der Waals surface area contributed by atoms with Crippen LogP contribution < -0.4 is 16.8 Å². The zero-order valence-corrected chi connectivity index (χ0v) is 7.68. The molecule has 0 fully saturated rings. The SMILES string of the molecule is CC(N)CCCC(=O)NCCN. The Balaban J connectivity index is 3.20. The molecule has 0 aliphatic rings. The van der Waals surface area contributed by atoms with E-state index in [-0.39, 0.29) is 11.9 Å². The van der Waals surface area contributed by atoms with Crippen molar-refractivity contribution in [3.05, 3.63) is 0 Å². The fourth-order valence-electron chi connectivity index (χ4n) is 0.885. The molecular formula is C8H19N3O. The molecule has 4 heteroatoms. The highest BCUT2D eigenvalue weighted by molar-refractivity contribution is 5.75. The third-order valence-corrected chi connectivity index (χ3v) is 1.53. The highest BCUT2D eigenvalue weighted by atomic mass is 16.1. The van der Waals surface area contributed by atoms with Gasteiger partial charge >= 0.3 is 0 Å². The van der Waals surface area contributed by atoms with Crippen molar-refractivity contribution in [3.8, 4) is 0 Å². The first kappa shape index (κ1) is 11.4. The van der Waals surface area contributed by atoms with Crippen LogP contribution in [-0.2, 0) is 4.79 Å². The van der Waals surface area contributed by atoms with Gasteiger partial charge in [-0.1, -0.05) is 0 Å². The molecule has 0 saturated heterocycles. The van der Waals surface area contributed by atoms with Crippen molar-refractivity contribution in [2.75, 3.05) is 13.1 Å². The van der Waals surface area contributed by atoms with Gasteiger partial charge in [0, 0.05) is 25.6 Å². The lowest BCUT2D eigenvalue weighted by atomic mass is 10.1. The molecule has 0 aromatic rings. The van der Waals surface area contributed by atoms with Gasteiger partial charge < -0.3 is 16.8 Å². The summed E-state index contributed by atoms with van der Waals surface area (Å²) in [6.45, 7) is 3.01. The number of nitrogens with one attached hydrogen (secondary N) is 1. The Labute approximate surface area is 73.7 Å². The zero-order chi connectivity index (χ0) is 9.40. The van der Waals surface area contributed by atoms with Crippen molar-refractivity contribution in [1.29, 1.82) is 0 Å². The van der Waals surface area contributed by atoms with E-state index in [0.29, 0.717) is 19.5 Å². The highest BCUT2D eigenvalue weighted by Crippen LogP contribution is 1.97. The van der Waals surface area contributed by atoms with E-state index in [2.05, 4.69) is 5.32 Å². The second-order valence-electron chi connectivity index (χ2n) is 3.01. The average Bonchev–Trinajstić information content (AvgIpc) is 2.00. The fourth-order valence-corrected chi connectivity index (χ4v) is 0.885. The van der Waals surface area contributed by atoms with E-state index in [1.165, 1.54) is 0 Å². The lowest BCUT2D eigenvalue weighted by Crippen LogP contribution is -2.29. The monoisotopic (exact) mass is 173 g/mol. The van der Waals surface area contributed by atoms with E-state index in [9.17, 15) is 4.79 Å². The van der Waals surface area contributed by atoms with Gasteiger partial charge in [-0.2, -0.15) is 0 Å². The van der Waals surface area contributed by atoms with Crippen LogP contribution in [-0.4, -0.2) is 25.0 Å². The van der Waals surface area contributed by atoms with Gasteiger partial charge in [0.05, 0.1) is 0 Å². The predicted octanol–water partition coefficient (Wildman–Crippen LogP) is -0.421. The van der Waals surface area contributed by atoms with Gasteiger partial charge in [-0.3, -0.25) is 4.79 Å². The molecule has 1 amide bonds. The van der Waals surface area contributed by atoms with Crippen molar-refractivity contribution in [2.24, 2.45) is 11.5 Å². The number of carbonyl (C=O) groups is 1. The Bertz CT molecular complexity index is 125. The second kappa shape index (κ2) is 7.06. The van der Waals surface area contributed by atoms with Crippen LogP contribution in [0.15, 0.2) is 0 Å². The molecule has 0 heterocycles. The van der Waals surface area contributed by atoms with Crippen LogP contribution in [0.1, 0.15) is 26.2 Å². The number of nitrogens with two attached hydrogens (primary N) is 2. The summed E-state index contributed by atoms with van der Waals surface area (Å²) >= 11 is 0. The van der Waals surface area contributed by atoms with Crippen LogP contribution in [0.4, 0.5) is 0 Å². The van der Waals surface area contributed by atoms with Crippen molar-refractivity contribution in [2.45, 2.75) is 32.2 Å². The molecule has 1 atom stereocenters. The van der Waals surface area contributed by atoms with Gasteiger partial charge in [-0.05, 0) is 19.8 Å². The number of rotatable bonds is 6. The molecule has 0 aromatic heterocycles. The Morgan fingerprint density at radius 2 is 2.25 bits per heavy atom.